The lowest BCUT2D eigenvalue weighted by molar-refractivity contribution is -0.113. The number of hydrogen-bond donors (Lipinski definition) is 1. The number of aryl methyl sites for hydroxylation is 1. The van der Waals surface area contributed by atoms with Gasteiger partial charge in [-0.1, -0.05) is 49.9 Å². The zero-order valence-electron chi connectivity index (χ0n) is 18.2. The van der Waals surface area contributed by atoms with E-state index in [4.69, 9.17) is 4.74 Å². The average molecular weight is 463 g/mol. The quantitative estimate of drug-likeness (QED) is 0.308. The topological polar surface area (TPSA) is 86.1 Å². The van der Waals surface area contributed by atoms with Crippen LogP contribution in [0.25, 0.3) is 0 Å². The van der Waals surface area contributed by atoms with E-state index in [1.165, 1.54) is 55.2 Å². The van der Waals surface area contributed by atoms with E-state index in [1.54, 1.807) is 13.0 Å². The Labute approximate surface area is 191 Å². The summed E-state index contributed by atoms with van der Waals surface area (Å²) in [5, 5.41) is 12.8. The average Bonchev–Trinajstić information content (AvgIpc) is 3.30. The van der Waals surface area contributed by atoms with Gasteiger partial charge in [0.25, 0.3) is 0 Å². The van der Waals surface area contributed by atoms with Crippen LogP contribution >= 0.6 is 23.1 Å². The van der Waals surface area contributed by atoms with Crippen LogP contribution in [-0.2, 0) is 22.5 Å². The number of nitrogens with zero attached hydrogens (tertiary/aromatic N) is 3. The zero-order chi connectivity index (χ0) is 22.2. The summed E-state index contributed by atoms with van der Waals surface area (Å²) in [6.45, 7) is 8.41. The van der Waals surface area contributed by atoms with Crippen LogP contribution < -0.4 is 5.32 Å². The molecule has 31 heavy (non-hydrogen) atoms. The molecule has 2 aromatic heterocycles. The van der Waals surface area contributed by atoms with Crippen LogP contribution in [0.4, 0.5) is 5.00 Å². The number of carbonyl (C=O) groups is 2. The first-order valence-electron chi connectivity index (χ1n) is 10.7. The molecule has 0 unspecified atom stereocenters. The maximum Gasteiger partial charge on any atom is 0.341 e. The van der Waals surface area contributed by atoms with Crippen LogP contribution in [0.3, 0.4) is 0 Å². The lowest BCUT2D eigenvalue weighted by atomic mass is 9.87. The summed E-state index contributed by atoms with van der Waals surface area (Å²) in [7, 11) is 0. The standard InChI is InChI=1S/C22H30N4O3S2/c1-4-11-26-18(13-16-9-7-6-8-10-16)24-25-22(26)30-14-19(27)23-20-17(12-15(3)31-20)21(28)29-5-2/h4,12,16H,1,5-11,13-14H2,2-3H3,(H,23,27). The first-order valence-corrected chi connectivity index (χ1v) is 12.5. The molecule has 0 bridgehead atoms. The molecule has 9 heteroatoms. The lowest BCUT2D eigenvalue weighted by Gasteiger charge is -2.21. The second-order valence-electron chi connectivity index (χ2n) is 7.66. The summed E-state index contributed by atoms with van der Waals surface area (Å²) >= 11 is 2.71. The van der Waals surface area contributed by atoms with Gasteiger partial charge in [0.15, 0.2) is 5.16 Å². The predicted octanol–water partition coefficient (Wildman–Crippen LogP) is 4.86. The summed E-state index contributed by atoms with van der Waals surface area (Å²) in [4.78, 5) is 25.6. The van der Waals surface area contributed by atoms with Gasteiger partial charge in [-0.05, 0) is 25.8 Å². The van der Waals surface area contributed by atoms with E-state index < -0.39 is 5.97 Å². The number of esters is 1. The molecule has 7 nitrogen and oxygen atoms in total. The van der Waals surface area contributed by atoms with Crippen molar-refractivity contribution in [3.8, 4) is 0 Å². The van der Waals surface area contributed by atoms with Gasteiger partial charge in [0.2, 0.25) is 5.91 Å². The molecule has 3 rings (SSSR count). The second kappa shape index (κ2) is 11.5. The molecule has 0 radical (unpaired) electrons. The second-order valence-corrected chi connectivity index (χ2v) is 9.86. The van der Waals surface area contributed by atoms with Gasteiger partial charge < -0.3 is 14.6 Å². The number of aromatic nitrogens is 3. The highest BCUT2D eigenvalue weighted by molar-refractivity contribution is 7.99. The molecule has 0 aliphatic heterocycles. The Morgan fingerprint density at radius 1 is 1.35 bits per heavy atom. The van der Waals surface area contributed by atoms with Gasteiger partial charge in [-0.15, -0.1) is 28.1 Å². The van der Waals surface area contributed by atoms with Crippen LogP contribution in [0.1, 0.15) is 60.1 Å². The van der Waals surface area contributed by atoms with Crippen molar-refractivity contribution >= 4 is 40.0 Å². The van der Waals surface area contributed by atoms with Crippen LogP contribution in [0, 0.1) is 12.8 Å². The fraction of sp³-hybridized carbons (Fsp3) is 0.545. The normalized spacial score (nSPS) is 14.4. The Bertz CT molecular complexity index is 916. The van der Waals surface area contributed by atoms with E-state index in [-0.39, 0.29) is 11.7 Å². The van der Waals surface area contributed by atoms with E-state index in [9.17, 15) is 9.59 Å². The maximum atomic E-state index is 12.6. The van der Waals surface area contributed by atoms with Gasteiger partial charge in [-0.2, -0.15) is 0 Å². The van der Waals surface area contributed by atoms with Gasteiger partial charge in [0, 0.05) is 17.8 Å². The molecule has 1 fully saturated rings. The third kappa shape index (κ3) is 6.43. The van der Waals surface area contributed by atoms with Gasteiger partial charge in [-0.25, -0.2) is 4.79 Å². The number of nitrogens with one attached hydrogen (secondary N) is 1. The Morgan fingerprint density at radius 2 is 2.13 bits per heavy atom. The van der Waals surface area contributed by atoms with E-state index in [0.717, 1.165) is 17.1 Å². The van der Waals surface area contributed by atoms with Gasteiger partial charge >= 0.3 is 5.97 Å². The highest BCUT2D eigenvalue weighted by atomic mass is 32.2. The number of thiophene rings is 1. The summed E-state index contributed by atoms with van der Waals surface area (Å²) in [6.07, 6.45) is 9.15. The molecular formula is C22H30N4O3S2. The molecular weight excluding hydrogens is 432 g/mol. The van der Waals surface area contributed by atoms with Crippen LogP contribution in [0.15, 0.2) is 23.9 Å². The van der Waals surface area contributed by atoms with Crippen LogP contribution in [0.2, 0.25) is 0 Å². The first kappa shape index (κ1) is 23.5. The van der Waals surface area contributed by atoms with Crippen molar-refractivity contribution in [2.45, 2.75) is 64.1 Å². The number of anilines is 1. The molecule has 1 aliphatic carbocycles. The summed E-state index contributed by atoms with van der Waals surface area (Å²) in [5.74, 6) is 1.18. The van der Waals surface area contributed by atoms with Crippen molar-refractivity contribution in [3.63, 3.8) is 0 Å². The minimum absolute atomic E-state index is 0.178. The van der Waals surface area contributed by atoms with Gasteiger partial charge in [0.1, 0.15) is 10.8 Å². The van der Waals surface area contributed by atoms with Crippen LogP contribution in [-0.4, -0.2) is 39.0 Å². The predicted molar refractivity (Wildman–Crippen MR) is 125 cm³/mol. The lowest BCUT2D eigenvalue weighted by Crippen LogP contribution is -2.17. The van der Waals surface area contributed by atoms with E-state index >= 15 is 0 Å². The highest BCUT2D eigenvalue weighted by Crippen LogP contribution is 2.30. The summed E-state index contributed by atoms with van der Waals surface area (Å²) < 4.78 is 7.14. The van der Waals surface area contributed by atoms with Crippen molar-refractivity contribution < 1.29 is 14.3 Å². The number of amides is 1. The zero-order valence-corrected chi connectivity index (χ0v) is 19.8. The van der Waals surface area contributed by atoms with Gasteiger partial charge in [0.05, 0.1) is 17.9 Å². The molecule has 0 spiro atoms. The van der Waals surface area contributed by atoms with E-state index in [0.29, 0.717) is 34.8 Å². The Balaban J connectivity index is 1.62. The Hall–Kier alpha value is -2.13. The monoisotopic (exact) mass is 462 g/mol. The SMILES string of the molecule is C=CCn1c(CC2CCCCC2)nnc1SCC(=O)Nc1sc(C)cc1C(=O)OCC. The largest absolute Gasteiger partial charge is 0.462 e. The van der Waals surface area contributed by atoms with Gasteiger partial charge in [-0.3, -0.25) is 4.79 Å². The fourth-order valence-corrected chi connectivity index (χ4v) is 5.48. The Morgan fingerprint density at radius 3 is 2.84 bits per heavy atom. The number of carbonyl (C=O) groups excluding carboxylic acids is 2. The fourth-order valence-electron chi connectivity index (χ4n) is 3.80. The van der Waals surface area contributed by atoms with Crippen LogP contribution in [0.5, 0.6) is 0 Å². The highest BCUT2D eigenvalue weighted by Gasteiger charge is 2.21. The molecule has 1 amide bonds. The van der Waals surface area contributed by atoms with Crippen molar-refractivity contribution in [1.29, 1.82) is 0 Å². The third-order valence-corrected chi connectivity index (χ3v) is 7.17. The molecule has 1 N–H and O–H groups in total. The summed E-state index contributed by atoms with van der Waals surface area (Å²) in [5.41, 5.74) is 0.396. The molecule has 1 saturated carbocycles. The molecule has 2 heterocycles. The minimum Gasteiger partial charge on any atom is -0.462 e. The number of rotatable bonds is 10. The maximum absolute atomic E-state index is 12.6. The van der Waals surface area contributed by atoms with E-state index in [2.05, 4.69) is 26.7 Å². The molecule has 0 aromatic carbocycles. The Kier molecular flexibility index (Phi) is 8.71. The molecule has 168 valence electrons. The van der Waals surface area contributed by atoms with Crippen molar-refractivity contribution in [3.05, 3.63) is 35.0 Å². The number of ether oxygens (including phenoxy) is 1. The molecule has 1 aliphatic rings. The van der Waals surface area contributed by atoms with Crippen molar-refractivity contribution in [1.82, 2.24) is 14.8 Å². The van der Waals surface area contributed by atoms with Crippen molar-refractivity contribution in [2.24, 2.45) is 5.92 Å². The smallest absolute Gasteiger partial charge is 0.341 e. The first-order chi connectivity index (χ1) is 15.0. The molecule has 2 aromatic rings. The summed E-state index contributed by atoms with van der Waals surface area (Å²) in [6, 6.07) is 1.74. The number of allylic oxidation sites excluding steroid dienone is 1. The van der Waals surface area contributed by atoms with Crippen molar-refractivity contribution in [2.75, 3.05) is 17.7 Å². The van der Waals surface area contributed by atoms with E-state index in [1.807, 2.05) is 13.0 Å². The minimum atomic E-state index is -0.423. The number of hydrogen-bond acceptors (Lipinski definition) is 7. The third-order valence-electron chi connectivity index (χ3n) is 5.24. The molecule has 0 saturated heterocycles. The number of thioether (sulfide) groups is 1. The molecule has 0 atom stereocenters.